The maximum atomic E-state index is 13.4. The van der Waals surface area contributed by atoms with E-state index in [1.54, 1.807) is 6.07 Å². The molecule has 1 fully saturated rings. The summed E-state index contributed by atoms with van der Waals surface area (Å²) < 4.78 is 23.7. The van der Waals surface area contributed by atoms with E-state index in [9.17, 15) is 9.18 Å². The molecule has 0 heterocycles. The second kappa shape index (κ2) is 7.83. The second-order valence-electron chi connectivity index (χ2n) is 5.10. The van der Waals surface area contributed by atoms with Crippen LogP contribution in [0.25, 0.3) is 0 Å². The average Bonchev–Trinajstić information content (AvgIpc) is 3.27. The van der Waals surface area contributed by atoms with Gasteiger partial charge in [0.05, 0.1) is 7.11 Å². The Kier molecular flexibility index (Phi) is 5.80. The normalized spacial score (nSPS) is 13.8. The number of hydrogen-bond acceptors (Lipinski definition) is 3. The van der Waals surface area contributed by atoms with E-state index in [-0.39, 0.29) is 11.8 Å². The maximum Gasteiger partial charge on any atom is 0.319 e. The highest BCUT2D eigenvalue weighted by atomic mass is 19.1. The van der Waals surface area contributed by atoms with E-state index in [0.29, 0.717) is 18.8 Å². The summed E-state index contributed by atoms with van der Waals surface area (Å²) in [6.45, 7) is 2.00. The van der Waals surface area contributed by atoms with Crippen LogP contribution in [0.4, 0.5) is 14.9 Å². The first-order chi connectivity index (χ1) is 10.2. The van der Waals surface area contributed by atoms with Gasteiger partial charge in [-0.25, -0.2) is 9.18 Å². The molecule has 5 nitrogen and oxygen atoms in total. The van der Waals surface area contributed by atoms with E-state index >= 15 is 0 Å². The first kappa shape index (κ1) is 15.6. The topological polar surface area (TPSA) is 59.6 Å². The van der Waals surface area contributed by atoms with Crippen LogP contribution in [0.2, 0.25) is 0 Å². The lowest BCUT2D eigenvalue weighted by Gasteiger charge is -2.09. The Bertz CT molecular complexity index is 478. The molecule has 1 saturated carbocycles. The highest BCUT2D eigenvalue weighted by Crippen LogP contribution is 2.28. The van der Waals surface area contributed by atoms with Gasteiger partial charge in [-0.1, -0.05) is 0 Å². The molecule has 116 valence electrons. The Hall–Kier alpha value is -1.82. The third-order valence-electron chi connectivity index (χ3n) is 3.21. The molecule has 1 aromatic carbocycles. The van der Waals surface area contributed by atoms with Gasteiger partial charge >= 0.3 is 6.03 Å². The smallest absolute Gasteiger partial charge is 0.319 e. The molecule has 0 aliphatic heterocycles. The summed E-state index contributed by atoms with van der Waals surface area (Å²) in [6.07, 6.45) is 3.31. The molecule has 6 heteroatoms. The van der Waals surface area contributed by atoms with Crippen molar-refractivity contribution in [2.24, 2.45) is 5.92 Å². The quantitative estimate of drug-likeness (QED) is 0.725. The molecule has 0 aromatic heterocycles. The number of urea groups is 1. The molecule has 1 aliphatic rings. The van der Waals surface area contributed by atoms with Crippen LogP contribution in [0.1, 0.15) is 19.3 Å². The van der Waals surface area contributed by atoms with Gasteiger partial charge in [-0.2, -0.15) is 0 Å². The molecule has 0 atom stereocenters. The minimum atomic E-state index is -0.510. The van der Waals surface area contributed by atoms with E-state index < -0.39 is 5.82 Å². The van der Waals surface area contributed by atoms with Crippen molar-refractivity contribution in [3.05, 3.63) is 24.0 Å². The molecular formula is C15H21FN2O3. The van der Waals surface area contributed by atoms with Crippen LogP contribution in [-0.2, 0) is 4.74 Å². The fourth-order valence-electron chi connectivity index (χ4n) is 1.83. The number of halogens is 1. The summed E-state index contributed by atoms with van der Waals surface area (Å²) in [4.78, 5) is 11.6. The van der Waals surface area contributed by atoms with Crippen molar-refractivity contribution in [2.75, 3.05) is 32.2 Å². The number of nitrogens with one attached hydrogen (secondary N) is 2. The van der Waals surface area contributed by atoms with Crippen molar-refractivity contribution in [2.45, 2.75) is 19.3 Å². The lowest BCUT2D eigenvalue weighted by molar-refractivity contribution is 0.122. The van der Waals surface area contributed by atoms with Crippen LogP contribution < -0.4 is 15.4 Å². The van der Waals surface area contributed by atoms with Gasteiger partial charge in [0.1, 0.15) is 0 Å². The zero-order chi connectivity index (χ0) is 15.1. The van der Waals surface area contributed by atoms with Gasteiger partial charge in [-0.3, -0.25) is 0 Å². The number of amides is 2. The first-order valence-corrected chi connectivity index (χ1v) is 7.15. The van der Waals surface area contributed by atoms with Gasteiger partial charge in [0.2, 0.25) is 0 Å². The number of anilines is 1. The molecule has 0 unspecified atom stereocenters. The van der Waals surface area contributed by atoms with Crippen LogP contribution in [0.15, 0.2) is 18.2 Å². The SMILES string of the molecule is COc1ccc(NC(=O)NCCCOCC2CC2)cc1F. The molecule has 0 bridgehead atoms. The molecular weight excluding hydrogens is 275 g/mol. The van der Waals surface area contributed by atoms with Gasteiger partial charge in [0.25, 0.3) is 0 Å². The van der Waals surface area contributed by atoms with Crippen LogP contribution in [0.5, 0.6) is 5.75 Å². The highest BCUT2D eigenvalue weighted by molar-refractivity contribution is 5.89. The summed E-state index contributed by atoms with van der Waals surface area (Å²) in [5.74, 6) is 0.392. The summed E-state index contributed by atoms with van der Waals surface area (Å²) in [5.41, 5.74) is 0.385. The average molecular weight is 296 g/mol. The molecule has 0 spiro atoms. The summed E-state index contributed by atoms with van der Waals surface area (Å²) >= 11 is 0. The third-order valence-corrected chi connectivity index (χ3v) is 3.21. The Labute approximate surface area is 123 Å². The van der Waals surface area contributed by atoms with Gasteiger partial charge in [0, 0.05) is 31.5 Å². The maximum absolute atomic E-state index is 13.4. The lowest BCUT2D eigenvalue weighted by atomic mass is 10.3. The Morgan fingerprint density at radius 1 is 1.43 bits per heavy atom. The molecule has 0 radical (unpaired) electrons. The third kappa shape index (κ3) is 5.59. The molecule has 2 amide bonds. The molecule has 1 aliphatic carbocycles. The fourth-order valence-corrected chi connectivity index (χ4v) is 1.83. The van der Waals surface area contributed by atoms with Crippen molar-refractivity contribution in [3.8, 4) is 5.75 Å². The van der Waals surface area contributed by atoms with E-state index in [1.165, 1.54) is 32.1 Å². The summed E-state index contributed by atoms with van der Waals surface area (Å²) in [6, 6.07) is 3.91. The minimum absolute atomic E-state index is 0.147. The van der Waals surface area contributed by atoms with Crippen molar-refractivity contribution in [1.29, 1.82) is 0 Å². The zero-order valence-electron chi connectivity index (χ0n) is 12.2. The minimum Gasteiger partial charge on any atom is -0.494 e. The summed E-state index contributed by atoms with van der Waals surface area (Å²) in [7, 11) is 1.39. The molecule has 21 heavy (non-hydrogen) atoms. The molecule has 2 rings (SSSR count). The van der Waals surface area contributed by atoms with E-state index in [1.807, 2.05) is 0 Å². The van der Waals surface area contributed by atoms with Crippen molar-refractivity contribution in [1.82, 2.24) is 5.32 Å². The molecule has 0 saturated heterocycles. The monoisotopic (exact) mass is 296 g/mol. The Morgan fingerprint density at radius 2 is 2.24 bits per heavy atom. The van der Waals surface area contributed by atoms with Crippen LogP contribution in [0, 0.1) is 11.7 Å². The van der Waals surface area contributed by atoms with Crippen molar-refractivity contribution in [3.63, 3.8) is 0 Å². The number of carbonyl (C=O) groups excluding carboxylic acids is 1. The van der Waals surface area contributed by atoms with E-state index in [4.69, 9.17) is 9.47 Å². The van der Waals surface area contributed by atoms with Crippen LogP contribution in [0.3, 0.4) is 0 Å². The summed E-state index contributed by atoms with van der Waals surface area (Å²) in [5, 5.41) is 5.27. The predicted octanol–water partition coefficient (Wildman–Crippen LogP) is 2.77. The Balaban J connectivity index is 1.60. The first-order valence-electron chi connectivity index (χ1n) is 7.15. The van der Waals surface area contributed by atoms with Gasteiger partial charge in [-0.05, 0) is 37.3 Å². The van der Waals surface area contributed by atoms with Crippen molar-refractivity contribution < 1.29 is 18.7 Å². The number of methoxy groups -OCH3 is 1. The lowest BCUT2D eigenvalue weighted by Crippen LogP contribution is -2.30. The van der Waals surface area contributed by atoms with Crippen LogP contribution in [-0.4, -0.2) is 32.9 Å². The van der Waals surface area contributed by atoms with Crippen LogP contribution >= 0.6 is 0 Å². The number of hydrogen-bond donors (Lipinski definition) is 2. The zero-order valence-corrected chi connectivity index (χ0v) is 12.2. The van der Waals surface area contributed by atoms with E-state index in [2.05, 4.69) is 10.6 Å². The van der Waals surface area contributed by atoms with Crippen molar-refractivity contribution >= 4 is 11.7 Å². The molecule has 2 N–H and O–H groups in total. The highest BCUT2D eigenvalue weighted by Gasteiger charge is 2.20. The van der Waals surface area contributed by atoms with Gasteiger partial charge in [-0.15, -0.1) is 0 Å². The molecule has 1 aromatic rings. The fraction of sp³-hybridized carbons (Fsp3) is 0.533. The standard InChI is InChI=1S/C15H21FN2O3/c1-20-14-6-5-12(9-13(14)16)18-15(19)17-7-2-8-21-10-11-3-4-11/h5-6,9,11H,2-4,7-8,10H2,1H3,(H2,17,18,19). The Morgan fingerprint density at radius 3 is 2.90 bits per heavy atom. The van der Waals surface area contributed by atoms with E-state index in [0.717, 1.165) is 18.9 Å². The number of ether oxygens (including phenoxy) is 2. The predicted molar refractivity (Wildman–Crippen MR) is 78.1 cm³/mol. The number of rotatable bonds is 8. The van der Waals surface area contributed by atoms with Gasteiger partial charge < -0.3 is 20.1 Å². The number of carbonyl (C=O) groups is 1. The number of benzene rings is 1. The van der Waals surface area contributed by atoms with Gasteiger partial charge in [0.15, 0.2) is 11.6 Å². The second-order valence-corrected chi connectivity index (χ2v) is 5.10. The largest absolute Gasteiger partial charge is 0.494 e.